The molecule has 1 rings (SSSR count). The Morgan fingerprint density at radius 2 is 1.81 bits per heavy atom. The highest BCUT2D eigenvalue weighted by Gasteiger charge is 2.23. The summed E-state index contributed by atoms with van der Waals surface area (Å²) >= 11 is 0. The minimum Gasteiger partial charge on any atom is -0.0875 e. The van der Waals surface area contributed by atoms with Gasteiger partial charge in [0.2, 0.25) is 0 Å². The molecule has 0 spiro atoms. The van der Waals surface area contributed by atoms with Gasteiger partial charge in [0.1, 0.15) is 0 Å². The van der Waals surface area contributed by atoms with Crippen molar-refractivity contribution in [2.75, 3.05) is 0 Å². The lowest BCUT2D eigenvalue weighted by molar-refractivity contribution is 0.597. The van der Waals surface area contributed by atoms with E-state index in [2.05, 4.69) is 0 Å². The Kier molecular flexibility index (Phi) is 5.45. The molecule has 0 aliphatic heterocycles. The first-order valence-corrected chi connectivity index (χ1v) is 6.53. The van der Waals surface area contributed by atoms with Crippen LogP contribution in [0.4, 0.5) is 0 Å². The van der Waals surface area contributed by atoms with Gasteiger partial charge in [-0.05, 0) is 38.1 Å². The third-order valence-electron chi connectivity index (χ3n) is 2.02. The molecule has 0 aliphatic rings. The lowest BCUT2D eigenvalue weighted by atomic mass is 10.4. The molecule has 0 saturated carbocycles. The van der Waals surface area contributed by atoms with Crippen molar-refractivity contribution in [1.29, 1.82) is 0 Å². The summed E-state index contributed by atoms with van der Waals surface area (Å²) in [5.41, 5.74) is 0. The fourth-order valence-electron chi connectivity index (χ4n) is 1.27. The average molecular weight is 231 g/mol. The Labute approximate surface area is 98.0 Å². The molecule has 0 bridgehead atoms. The monoisotopic (exact) mass is 231 g/mol. The third kappa shape index (κ3) is 3.60. The number of allylic oxidation sites excluding steroid dienone is 6. The highest BCUT2D eigenvalue weighted by Crippen LogP contribution is 2.32. The van der Waals surface area contributed by atoms with Crippen molar-refractivity contribution in [3.8, 4) is 0 Å². The minimum atomic E-state index is -1.48. The summed E-state index contributed by atoms with van der Waals surface area (Å²) in [6, 6.07) is 9.53. The van der Waals surface area contributed by atoms with Crippen molar-refractivity contribution >= 4 is 13.1 Å². The third-order valence-corrected chi connectivity index (χ3v) is 3.56. The van der Waals surface area contributed by atoms with E-state index in [-0.39, 0.29) is 0 Å². The van der Waals surface area contributed by atoms with E-state index in [0.717, 1.165) is 10.6 Å². The summed E-state index contributed by atoms with van der Waals surface area (Å²) < 4.78 is 12.2. The molecule has 1 aromatic carbocycles. The van der Waals surface area contributed by atoms with Gasteiger partial charge < -0.3 is 0 Å². The number of benzene rings is 1. The number of hydrogen-bond donors (Lipinski definition) is 0. The first-order valence-electron chi connectivity index (χ1n) is 5.27. The van der Waals surface area contributed by atoms with E-state index in [1.165, 1.54) is 0 Å². The standard InChI is InChI=1S/C14H16OP/c1-3-5-10-13(9-4-2)16(15)14-11-7-6-8-12-14/h3-12H,1-2H3/q+1/b5-3-,9-4-,13-10+. The summed E-state index contributed by atoms with van der Waals surface area (Å²) in [6.07, 6.45) is 9.53. The van der Waals surface area contributed by atoms with Gasteiger partial charge in [-0.1, -0.05) is 41.0 Å². The van der Waals surface area contributed by atoms with Gasteiger partial charge in [-0.25, -0.2) is 0 Å². The van der Waals surface area contributed by atoms with Gasteiger partial charge in [0, 0.05) is 0 Å². The average Bonchev–Trinajstić information content (AvgIpc) is 2.35. The van der Waals surface area contributed by atoms with Crippen LogP contribution in [0, 0.1) is 0 Å². The maximum absolute atomic E-state index is 12.2. The summed E-state index contributed by atoms with van der Waals surface area (Å²) in [4.78, 5) is 0. The van der Waals surface area contributed by atoms with E-state index in [0.29, 0.717) is 0 Å². The molecular formula is C14H16OP+. The molecule has 1 aromatic rings. The van der Waals surface area contributed by atoms with Crippen LogP contribution in [0.25, 0.3) is 0 Å². The van der Waals surface area contributed by atoms with Gasteiger partial charge in [-0.3, -0.25) is 0 Å². The second kappa shape index (κ2) is 6.92. The molecule has 1 unspecified atom stereocenters. The van der Waals surface area contributed by atoms with E-state index >= 15 is 0 Å². The number of rotatable bonds is 4. The van der Waals surface area contributed by atoms with Crippen molar-refractivity contribution in [2.45, 2.75) is 13.8 Å². The van der Waals surface area contributed by atoms with E-state index in [1.807, 2.05) is 74.6 Å². The first kappa shape index (κ1) is 12.6. The minimum absolute atomic E-state index is 0.849. The van der Waals surface area contributed by atoms with E-state index in [9.17, 15) is 4.57 Å². The van der Waals surface area contributed by atoms with Gasteiger partial charge in [0.25, 0.3) is 0 Å². The Morgan fingerprint density at radius 1 is 1.12 bits per heavy atom. The summed E-state index contributed by atoms with van der Waals surface area (Å²) in [5.74, 6) is 0. The smallest absolute Gasteiger partial charge is 0.0875 e. The topological polar surface area (TPSA) is 17.1 Å². The van der Waals surface area contributed by atoms with Gasteiger partial charge in [-0.2, -0.15) is 0 Å². The molecule has 0 aliphatic carbocycles. The maximum Gasteiger partial charge on any atom is 0.415 e. The van der Waals surface area contributed by atoms with Crippen molar-refractivity contribution < 1.29 is 4.57 Å². The lowest BCUT2D eigenvalue weighted by Gasteiger charge is -1.88. The number of hydrogen-bond acceptors (Lipinski definition) is 1. The van der Waals surface area contributed by atoms with E-state index < -0.39 is 7.80 Å². The van der Waals surface area contributed by atoms with Crippen LogP contribution in [-0.4, -0.2) is 0 Å². The van der Waals surface area contributed by atoms with Crippen molar-refractivity contribution in [3.63, 3.8) is 0 Å². The summed E-state index contributed by atoms with van der Waals surface area (Å²) in [6.45, 7) is 3.87. The molecule has 2 heteroatoms. The predicted octanol–water partition coefficient (Wildman–Crippen LogP) is 4.18. The Bertz CT molecular complexity index is 427. The van der Waals surface area contributed by atoms with E-state index in [4.69, 9.17) is 0 Å². The molecule has 82 valence electrons. The Morgan fingerprint density at radius 3 is 2.38 bits per heavy atom. The second-order valence-electron chi connectivity index (χ2n) is 3.25. The Balaban J connectivity index is 3.01. The fourth-order valence-corrected chi connectivity index (χ4v) is 2.52. The molecule has 16 heavy (non-hydrogen) atoms. The maximum atomic E-state index is 12.2. The Hall–Kier alpha value is -1.46. The molecule has 0 heterocycles. The zero-order valence-electron chi connectivity index (χ0n) is 9.63. The normalized spacial score (nSPS) is 13.6. The highest BCUT2D eigenvalue weighted by atomic mass is 31.1. The van der Waals surface area contributed by atoms with E-state index in [1.54, 1.807) is 0 Å². The summed E-state index contributed by atoms with van der Waals surface area (Å²) in [5, 5.41) is 1.72. The van der Waals surface area contributed by atoms with Crippen molar-refractivity contribution in [3.05, 3.63) is 66.0 Å². The van der Waals surface area contributed by atoms with Crippen LogP contribution in [0.3, 0.4) is 0 Å². The predicted molar refractivity (Wildman–Crippen MR) is 71.4 cm³/mol. The quantitative estimate of drug-likeness (QED) is 0.561. The SMILES string of the molecule is C\C=C/C=C(\C=C/C)[P+](=O)c1ccccc1. The molecule has 0 amide bonds. The second-order valence-corrected chi connectivity index (χ2v) is 4.87. The fraction of sp³-hybridized carbons (Fsp3) is 0.143. The largest absolute Gasteiger partial charge is 0.415 e. The van der Waals surface area contributed by atoms with Crippen LogP contribution in [0.1, 0.15) is 13.8 Å². The van der Waals surface area contributed by atoms with Crippen LogP contribution in [-0.2, 0) is 4.57 Å². The molecule has 0 saturated heterocycles. The molecule has 0 aromatic heterocycles. The van der Waals surface area contributed by atoms with Crippen LogP contribution in [0.15, 0.2) is 66.0 Å². The van der Waals surface area contributed by atoms with Crippen LogP contribution >= 0.6 is 7.80 Å². The van der Waals surface area contributed by atoms with Gasteiger partial charge in [-0.15, -0.1) is 0 Å². The molecular weight excluding hydrogens is 215 g/mol. The van der Waals surface area contributed by atoms with Crippen LogP contribution in [0.2, 0.25) is 0 Å². The molecule has 0 fully saturated rings. The summed E-state index contributed by atoms with van der Waals surface area (Å²) in [7, 11) is -1.48. The zero-order chi connectivity index (χ0) is 11.8. The highest BCUT2D eigenvalue weighted by molar-refractivity contribution is 7.58. The molecule has 0 radical (unpaired) electrons. The van der Waals surface area contributed by atoms with Crippen molar-refractivity contribution in [2.24, 2.45) is 0 Å². The van der Waals surface area contributed by atoms with Gasteiger partial charge >= 0.3 is 7.80 Å². The first-order chi connectivity index (χ1) is 7.79. The van der Waals surface area contributed by atoms with Crippen molar-refractivity contribution in [1.82, 2.24) is 0 Å². The zero-order valence-corrected chi connectivity index (χ0v) is 10.5. The van der Waals surface area contributed by atoms with Crippen LogP contribution < -0.4 is 5.30 Å². The lowest BCUT2D eigenvalue weighted by Crippen LogP contribution is -1.94. The van der Waals surface area contributed by atoms with Gasteiger partial charge in [0.05, 0.1) is 0 Å². The molecule has 1 nitrogen and oxygen atoms in total. The molecule has 1 atom stereocenters. The van der Waals surface area contributed by atoms with Crippen LogP contribution in [0.5, 0.6) is 0 Å². The molecule has 0 N–H and O–H groups in total. The van der Waals surface area contributed by atoms with Gasteiger partial charge in [0.15, 0.2) is 10.6 Å².